The van der Waals surface area contributed by atoms with E-state index in [9.17, 15) is 13.2 Å². The number of halogens is 3. The molecule has 0 saturated carbocycles. The molecule has 6 nitrogen and oxygen atoms in total. The van der Waals surface area contributed by atoms with Crippen molar-refractivity contribution >= 4 is 46.0 Å². The average Bonchev–Trinajstić information content (AvgIpc) is 3.32. The third-order valence-electron chi connectivity index (χ3n) is 7.19. The predicted molar refractivity (Wildman–Crippen MR) is 163 cm³/mol. The lowest BCUT2D eigenvalue weighted by Gasteiger charge is -2.24. The molecule has 220 valence electrons. The number of thioether (sulfide) groups is 1. The molecule has 0 radical (unpaired) electrons. The number of anilines is 2. The summed E-state index contributed by atoms with van der Waals surface area (Å²) in [6.45, 7) is 0.717. The van der Waals surface area contributed by atoms with Crippen LogP contribution in [-0.4, -0.2) is 61.2 Å². The van der Waals surface area contributed by atoms with E-state index in [0.717, 1.165) is 72.1 Å². The second kappa shape index (κ2) is 14.0. The molecule has 1 aromatic heterocycles. The number of hydrogen-bond acceptors (Lipinski definition) is 7. The summed E-state index contributed by atoms with van der Waals surface area (Å²) in [5, 5.41) is 7.57. The molecule has 2 aliphatic heterocycles. The van der Waals surface area contributed by atoms with Gasteiger partial charge in [0, 0.05) is 41.3 Å². The number of benzene rings is 2. The molecule has 3 heterocycles. The first-order valence-corrected chi connectivity index (χ1v) is 15.8. The number of nitrogens with zero attached hydrogens (tertiary/aromatic N) is 1. The molecule has 2 fully saturated rings. The second-order valence-electron chi connectivity index (χ2n) is 10.1. The van der Waals surface area contributed by atoms with Gasteiger partial charge < -0.3 is 24.7 Å². The van der Waals surface area contributed by atoms with Gasteiger partial charge in [0.1, 0.15) is 12.3 Å². The lowest BCUT2D eigenvalue weighted by molar-refractivity contribution is -0.140. The number of fused-ring (bicyclic) bond motifs is 1. The van der Waals surface area contributed by atoms with Gasteiger partial charge in [-0.2, -0.15) is 24.9 Å². The van der Waals surface area contributed by atoms with Crippen LogP contribution in [0.25, 0.3) is 10.9 Å². The minimum Gasteiger partial charge on any atom is -0.495 e. The maximum Gasteiger partial charge on any atom is 0.406 e. The topological polar surface area (TPSA) is 59.5 Å². The zero-order valence-electron chi connectivity index (χ0n) is 23.0. The summed E-state index contributed by atoms with van der Waals surface area (Å²) in [4.78, 5) is 1.03. The minimum absolute atomic E-state index is 0.252. The van der Waals surface area contributed by atoms with Crippen LogP contribution in [0, 0.1) is 11.8 Å². The van der Waals surface area contributed by atoms with Gasteiger partial charge in [-0.3, -0.25) is 4.72 Å². The molecule has 0 bridgehead atoms. The molecule has 3 aromatic rings. The molecule has 41 heavy (non-hydrogen) atoms. The molecule has 0 aliphatic carbocycles. The van der Waals surface area contributed by atoms with Crippen molar-refractivity contribution in [2.24, 2.45) is 0 Å². The first kappa shape index (κ1) is 29.8. The van der Waals surface area contributed by atoms with Crippen LogP contribution in [0.5, 0.6) is 5.75 Å². The van der Waals surface area contributed by atoms with Gasteiger partial charge in [0.25, 0.3) is 0 Å². The number of alkyl halides is 3. The van der Waals surface area contributed by atoms with E-state index in [4.69, 9.17) is 9.47 Å². The normalized spacial score (nSPS) is 16.8. The Morgan fingerprint density at radius 1 is 1.05 bits per heavy atom. The van der Waals surface area contributed by atoms with Crippen molar-refractivity contribution in [1.29, 1.82) is 0 Å². The van der Waals surface area contributed by atoms with Crippen molar-refractivity contribution in [3.05, 3.63) is 48.2 Å². The Morgan fingerprint density at radius 2 is 1.85 bits per heavy atom. The Bertz CT molecular complexity index is 1370. The number of nitrogens with one attached hydrogen (secondary N) is 3. The van der Waals surface area contributed by atoms with Crippen molar-refractivity contribution < 1.29 is 22.6 Å². The summed E-state index contributed by atoms with van der Waals surface area (Å²) in [5.74, 6) is 8.85. The third-order valence-corrected chi connectivity index (χ3v) is 9.18. The van der Waals surface area contributed by atoms with E-state index in [2.05, 4.69) is 27.2 Å². The SMILES string of the molecule is COc1cc(SNC2CCOCC2)ccc1NCC#Cc1cc2c(NC3CCSCC3)cccc2n1CC(F)(F)F. The van der Waals surface area contributed by atoms with Crippen LogP contribution in [0.1, 0.15) is 31.4 Å². The summed E-state index contributed by atoms with van der Waals surface area (Å²) >= 11 is 3.51. The number of ether oxygens (including phenoxy) is 2. The molecule has 0 atom stereocenters. The maximum absolute atomic E-state index is 13.6. The number of rotatable bonds is 9. The van der Waals surface area contributed by atoms with E-state index in [1.54, 1.807) is 37.3 Å². The van der Waals surface area contributed by atoms with Crippen molar-refractivity contribution in [3.63, 3.8) is 0 Å². The molecule has 0 amide bonds. The van der Waals surface area contributed by atoms with Gasteiger partial charge in [-0.15, -0.1) is 0 Å². The largest absolute Gasteiger partial charge is 0.495 e. The first-order chi connectivity index (χ1) is 19.9. The molecular weight excluding hydrogens is 569 g/mol. The standard InChI is InChI=1S/C30H35F3N4O2S2/c1-38-29-19-24(41-36-22-9-14-39-15-10-22)7-8-27(29)34-13-3-4-23-18-25-26(35-21-11-16-40-17-12-21)5-2-6-28(25)37(23)20-30(31,32)33/h2,5-8,18-19,21-22,34-36H,9-17,20H2,1H3. The molecule has 2 aromatic carbocycles. The fourth-order valence-electron chi connectivity index (χ4n) is 5.05. The Labute approximate surface area is 247 Å². The van der Waals surface area contributed by atoms with Crippen molar-refractivity contribution in [2.45, 2.75) is 55.4 Å². The molecular formula is C30H35F3N4O2S2. The van der Waals surface area contributed by atoms with Crippen LogP contribution < -0.4 is 20.1 Å². The molecule has 2 saturated heterocycles. The molecule has 2 aliphatic rings. The summed E-state index contributed by atoms with van der Waals surface area (Å²) in [5.41, 5.74) is 2.49. The molecule has 3 N–H and O–H groups in total. The summed E-state index contributed by atoms with van der Waals surface area (Å²) < 4.78 is 56.4. The van der Waals surface area contributed by atoms with Gasteiger partial charge in [-0.25, -0.2) is 0 Å². The number of aromatic nitrogens is 1. The van der Waals surface area contributed by atoms with Crippen LogP contribution in [-0.2, 0) is 11.3 Å². The van der Waals surface area contributed by atoms with E-state index in [-0.39, 0.29) is 6.54 Å². The summed E-state index contributed by atoms with van der Waals surface area (Å²) in [7, 11) is 1.61. The highest BCUT2D eigenvalue weighted by Gasteiger charge is 2.30. The Morgan fingerprint density at radius 3 is 2.61 bits per heavy atom. The van der Waals surface area contributed by atoms with Gasteiger partial charge in [0.15, 0.2) is 0 Å². The predicted octanol–water partition coefficient (Wildman–Crippen LogP) is 6.76. The lowest BCUT2D eigenvalue weighted by atomic mass is 10.1. The number of hydrogen-bond donors (Lipinski definition) is 3. The maximum atomic E-state index is 13.6. The van der Waals surface area contributed by atoms with Crippen molar-refractivity contribution in [2.75, 3.05) is 49.0 Å². The fourth-order valence-corrected chi connectivity index (χ4v) is 6.99. The quantitative estimate of drug-likeness (QED) is 0.184. The van der Waals surface area contributed by atoms with Crippen LogP contribution in [0.3, 0.4) is 0 Å². The average molecular weight is 605 g/mol. The minimum atomic E-state index is -4.36. The van der Waals surface area contributed by atoms with Crippen LogP contribution >= 0.6 is 23.7 Å². The van der Waals surface area contributed by atoms with Gasteiger partial charge in [0.05, 0.1) is 30.6 Å². The highest BCUT2D eigenvalue weighted by Crippen LogP contribution is 2.32. The zero-order valence-corrected chi connectivity index (χ0v) is 24.6. The molecule has 11 heteroatoms. The van der Waals surface area contributed by atoms with E-state index < -0.39 is 12.7 Å². The van der Waals surface area contributed by atoms with E-state index in [1.807, 2.05) is 36.0 Å². The second-order valence-corrected chi connectivity index (χ2v) is 12.3. The lowest BCUT2D eigenvalue weighted by Crippen LogP contribution is -2.30. The number of methoxy groups -OCH3 is 1. The highest BCUT2D eigenvalue weighted by molar-refractivity contribution is 7.99. The van der Waals surface area contributed by atoms with Crippen molar-refractivity contribution in [3.8, 4) is 17.6 Å². The van der Waals surface area contributed by atoms with Crippen LogP contribution in [0.4, 0.5) is 24.5 Å². The Kier molecular flexibility index (Phi) is 10.2. The van der Waals surface area contributed by atoms with Crippen molar-refractivity contribution in [1.82, 2.24) is 9.29 Å². The van der Waals surface area contributed by atoms with Crippen LogP contribution in [0.15, 0.2) is 47.4 Å². The highest BCUT2D eigenvalue weighted by atomic mass is 32.2. The van der Waals surface area contributed by atoms with Gasteiger partial charge in [-0.1, -0.05) is 12.0 Å². The molecule has 0 unspecified atom stereocenters. The monoisotopic (exact) mass is 604 g/mol. The molecule has 5 rings (SSSR count). The van der Waals surface area contributed by atoms with Gasteiger partial charge in [0.2, 0.25) is 0 Å². The van der Waals surface area contributed by atoms with E-state index in [0.29, 0.717) is 29.0 Å². The fraction of sp³-hybridized carbons (Fsp3) is 0.467. The summed E-state index contributed by atoms with van der Waals surface area (Å²) in [6.07, 6.45) is -0.308. The van der Waals surface area contributed by atoms with E-state index in [1.165, 1.54) is 4.57 Å². The zero-order chi connectivity index (χ0) is 28.7. The first-order valence-electron chi connectivity index (χ1n) is 13.8. The summed E-state index contributed by atoms with van der Waals surface area (Å²) in [6, 6.07) is 13.9. The van der Waals surface area contributed by atoms with Gasteiger partial charge >= 0.3 is 6.18 Å². The Balaban J connectivity index is 1.29. The Hall–Kier alpha value is -2.65. The third kappa shape index (κ3) is 8.22. The smallest absolute Gasteiger partial charge is 0.406 e. The molecule has 0 spiro atoms. The van der Waals surface area contributed by atoms with Crippen LogP contribution in [0.2, 0.25) is 0 Å². The van der Waals surface area contributed by atoms with Gasteiger partial charge in [-0.05, 0) is 91.5 Å². The van der Waals surface area contributed by atoms with E-state index >= 15 is 0 Å².